The van der Waals surface area contributed by atoms with Gasteiger partial charge >= 0.3 is 11.5 Å². The highest BCUT2D eigenvalue weighted by molar-refractivity contribution is 5.91. The Labute approximate surface area is 187 Å². The molecule has 2 N–H and O–H groups in total. The van der Waals surface area contributed by atoms with Crippen LogP contribution in [0, 0.1) is 0 Å². The molecule has 0 aromatic carbocycles. The van der Waals surface area contributed by atoms with Crippen LogP contribution in [0.5, 0.6) is 5.75 Å². The van der Waals surface area contributed by atoms with E-state index in [0.717, 1.165) is 44.7 Å². The standard InChI is InChI=1S/C22H33N5O5/c1-4-5-13-32-19-18(22(30)31-3)24-20-17(23-7-6-12-28)14-16(15-27(20)21(19)29)26-10-8-25(2)9-11-26/h14-15,23,28H,4-13H2,1-3H3. The van der Waals surface area contributed by atoms with Gasteiger partial charge in [0.2, 0.25) is 5.75 Å². The average molecular weight is 448 g/mol. The summed E-state index contributed by atoms with van der Waals surface area (Å²) in [5.41, 5.74) is 1.22. The van der Waals surface area contributed by atoms with Gasteiger partial charge in [-0.25, -0.2) is 9.78 Å². The number of rotatable bonds is 10. The number of unbranched alkanes of at least 4 members (excludes halogenated alkanes) is 1. The second-order valence-corrected chi connectivity index (χ2v) is 7.89. The Bertz CT molecular complexity index is 985. The number of likely N-dealkylation sites (N-methyl/N-ethyl adjacent to an activating group) is 1. The molecular formula is C22H33N5O5. The first kappa shape index (κ1) is 23.8. The van der Waals surface area contributed by atoms with Gasteiger partial charge in [-0.2, -0.15) is 0 Å². The third-order valence-electron chi connectivity index (χ3n) is 5.51. The predicted octanol–water partition coefficient (Wildman–Crippen LogP) is 1.21. The van der Waals surface area contributed by atoms with Crippen LogP contribution in [0.3, 0.4) is 0 Å². The summed E-state index contributed by atoms with van der Waals surface area (Å²) in [6.07, 6.45) is 3.93. The number of hydrogen-bond donors (Lipinski definition) is 2. The minimum absolute atomic E-state index is 0.0410. The molecule has 0 saturated carbocycles. The first-order valence-electron chi connectivity index (χ1n) is 11.1. The average Bonchev–Trinajstić information content (AvgIpc) is 2.80. The van der Waals surface area contributed by atoms with Gasteiger partial charge < -0.3 is 29.7 Å². The summed E-state index contributed by atoms with van der Waals surface area (Å²) < 4.78 is 12.0. The fourth-order valence-corrected chi connectivity index (χ4v) is 3.56. The molecule has 10 nitrogen and oxygen atoms in total. The zero-order valence-corrected chi connectivity index (χ0v) is 19.1. The summed E-state index contributed by atoms with van der Waals surface area (Å²) in [6.45, 7) is 6.37. The number of carbonyl (C=O) groups excluding carboxylic acids is 1. The predicted molar refractivity (Wildman–Crippen MR) is 123 cm³/mol. The van der Waals surface area contributed by atoms with Crippen LogP contribution in [0.1, 0.15) is 36.7 Å². The number of carbonyl (C=O) groups is 1. The van der Waals surface area contributed by atoms with Gasteiger partial charge in [0.1, 0.15) is 0 Å². The molecule has 0 aliphatic carbocycles. The first-order valence-corrected chi connectivity index (χ1v) is 11.1. The maximum absolute atomic E-state index is 13.4. The summed E-state index contributed by atoms with van der Waals surface area (Å²) in [5, 5.41) is 12.4. The van der Waals surface area contributed by atoms with Crippen molar-refractivity contribution in [3.05, 3.63) is 28.3 Å². The highest BCUT2D eigenvalue weighted by Gasteiger charge is 2.24. The first-order chi connectivity index (χ1) is 15.5. The highest BCUT2D eigenvalue weighted by atomic mass is 16.5. The molecule has 3 rings (SSSR count). The number of methoxy groups -OCH3 is 1. The molecule has 176 valence electrons. The van der Waals surface area contributed by atoms with Crippen LogP contribution in [-0.4, -0.2) is 85.5 Å². The van der Waals surface area contributed by atoms with Crippen LogP contribution >= 0.6 is 0 Å². The van der Waals surface area contributed by atoms with Crippen molar-refractivity contribution in [2.45, 2.75) is 26.2 Å². The van der Waals surface area contributed by atoms with Crippen LogP contribution in [0.2, 0.25) is 0 Å². The van der Waals surface area contributed by atoms with Crippen molar-refractivity contribution in [1.82, 2.24) is 14.3 Å². The fraction of sp³-hybridized carbons (Fsp3) is 0.591. The molecule has 0 radical (unpaired) electrons. The number of esters is 1. The molecule has 1 aliphatic heterocycles. The molecule has 2 aromatic heterocycles. The largest absolute Gasteiger partial charge is 0.486 e. The minimum Gasteiger partial charge on any atom is -0.486 e. The number of nitrogens with one attached hydrogen (secondary N) is 1. The minimum atomic E-state index is -0.722. The molecule has 32 heavy (non-hydrogen) atoms. The molecule has 10 heteroatoms. The van der Waals surface area contributed by atoms with E-state index >= 15 is 0 Å². The molecular weight excluding hydrogens is 414 g/mol. The lowest BCUT2D eigenvalue weighted by Gasteiger charge is -2.34. The maximum atomic E-state index is 13.4. The summed E-state index contributed by atoms with van der Waals surface area (Å²) in [7, 11) is 3.33. The normalized spacial score (nSPS) is 14.6. The molecule has 0 spiro atoms. The molecule has 1 saturated heterocycles. The van der Waals surface area contributed by atoms with Crippen molar-refractivity contribution in [3.8, 4) is 5.75 Å². The van der Waals surface area contributed by atoms with Gasteiger partial charge in [0.05, 0.1) is 25.1 Å². The van der Waals surface area contributed by atoms with Crippen molar-refractivity contribution < 1.29 is 19.4 Å². The topological polar surface area (TPSA) is 109 Å². The van der Waals surface area contributed by atoms with E-state index in [-0.39, 0.29) is 18.1 Å². The Morgan fingerprint density at radius 1 is 1.25 bits per heavy atom. The zero-order chi connectivity index (χ0) is 23.1. The van der Waals surface area contributed by atoms with Crippen LogP contribution in [-0.2, 0) is 4.74 Å². The Morgan fingerprint density at radius 2 is 2.00 bits per heavy atom. The number of pyridine rings is 1. The number of fused-ring (bicyclic) bond motifs is 1. The Morgan fingerprint density at radius 3 is 2.66 bits per heavy atom. The quantitative estimate of drug-likeness (QED) is 0.410. The van der Waals surface area contributed by atoms with Crippen LogP contribution < -0.4 is 20.5 Å². The Hall–Kier alpha value is -2.85. The van der Waals surface area contributed by atoms with Crippen LogP contribution in [0.15, 0.2) is 17.1 Å². The van der Waals surface area contributed by atoms with Crippen molar-refractivity contribution in [2.75, 3.05) is 70.3 Å². The van der Waals surface area contributed by atoms with Crippen molar-refractivity contribution in [3.63, 3.8) is 0 Å². The van der Waals surface area contributed by atoms with E-state index in [1.807, 2.05) is 13.0 Å². The highest BCUT2D eigenvalue weighted by Crippen LogP contribution is 2.26. The van der Waals surface area contributed by atoms with Gasteiger partial charge in [-0.3, -0.25) is 9.20 Å². The van der Waals surface area contributed by atoms with Crippen molar-refractivity contribution in [1.29, 1.82) is 0 Å². The molecule has 2 aromatic rings. The van der Waals surface area contributed by atoms with Gasteiger partial charge in [0.25, 0.3) is 0 Å². The monoisotopic (exact) mass is 447 g/mol. The van der Waals surface area contributed by atoms with Gasteiger partial charge in [0.15, 0.2) is 11.3 Å². The summed E-state index contributed by atoms with van der Waals surface area (Å²) in [4.78, 5) is 34.8. The number of anilines is 2. The van der Waals surface area contributed by atoms with Crippen molar-refractivity contribution in [2.24, 2.45) is 0 Å². The Kier molecular flexibility index (Phi) is 8.29. The van der Waals surface area contributed by atoms with Gasteiger partial charge in [0, 0.05) is 45.5 Å². The number of piperazine rings is 1. The summed E-state index contributed by atoms with van der Waals surface area (Å²) >= 11 is 0. The maximum Gasteiger partial charge on any atom is 0.360 e. The van der Waals surface area contributed by atoms with E-state index in [1.165, 1.54) is 11.5 Å². The third kappa shape index (κ3) is 5.31. The summed E-state index contributed by atoms with van der Waals surface area (Å²) in [5.74, 6) is -0.819. The lowest BCUT2D eigenvalue weighted by atomic mass is 10.2. The van der Waals surface area contributed by atoms with Crippen LogP contribution in [0.25, 0.3) is 5.65 Å². The lowest BCUT2D eigenvalue weighted by Crippen LogP contribution is -2.44. The van der Waals surface area contributed by atoms with Gasteiger partial charge in [-0.05, 0) is 26.0 Å². The lowest BCUT2D eigenvalue weighted by molar-refractivity contribution is 0.0588. The second kappa shape index (κ2) is 11.1. The van der Waals surface area contributed by atoms with E-state index in [9.17, 15) is 14.7 Å². The van der Waals surface area contributed by atoms with E-state index < -0.39 is 11.5 Å². The Balaban J connectivity index is 2.14. The molecule has 0 unspecified atom stereocenters. The van der Waals surface area contributed by atoms with E-state index in [0.29, 0.717) is 30.9 Å². The smallest absolute Gasteiger partial charge is 0.360 e. The molecule has 0 amide bonds. The van der Waals surface area contributed by atoms with E-state index in [4.69, 9.17) is 9.47 Å². The molecule has 1 fully saturated rings. The number of nitrogens with zero attached hydrogens (tertiary/aromatic N) is 4. The third-order valence-corrected chi connectivity index (χ3v) is 5.51. The summed E-state index contributed by atoms with van der Waals surface area (Å²) in [6, 6.07) is 1.93. The van der Waals surface area contributed by atoms with Gasteiger partial charge in [-0.15, -0.1) is 0 Å². The number of aliphatic hydroxyl groups excluding tert-OH is 1. The number of aliphatic hydroxyl groups is 1. The molecule has 0 atom stereocenters. The second-order valence-electron chi connectivity index (χ2n) is 7.89. The zero-order valence-electron chi connectivity index (χ0n) is 19.1. The van der Waals surface area contributed by atoms with E-state index in [1.54, 1.807) is 6.20 Å². The van der Waals surface area contributed by atoms with Crippen molar-refractivity contribution >= 4 is 23.0 Å². The van der Waals surface area contributed by atoms with E-state index in [2.05, 4.69) is 27.1 Å². The van der Waals surface area contributed by atoms with Gasteiger partial charge in [-0.1, -0.05) is 13.3 Å². The number of hydrogen-bond acceptors (Lipinski definition) is 9. The van der Waals surface area contributed by atoms with Crippen LogP contribution in [0.4, 0.5) is 11.4 Å². The molecule has 3 heterocycles. The SMILES string of the molecule is CCCCOc1c(C(=O)OC)nc2c(NCCCO)cc(N3CCN(C)CC3)cn2c1=O. The number of aromatic nitrogens is 2. The fourth-order valence-electron chi connectivity index (χ4n) is 3.56. The molecule has 0 bridgehead atoms. The molecule has 1 aliphatic rings. The number of ether oxygens (including phenoxy) is 2.